The zero-order valence-corrected chi connectivity index (χ0v) is 12.0. The van der Waals surface area contributed by atoms with Crippen LogP contribution in [0, 0.1) is 17.8 Å². The molecule has 2 atom stereocenters. The Bertz CT molecular complexity index is 385. The molecule has 0 aromatic rings. The summed E-state index contributed by atoms with van der Waals surface area (Å²) >= 11 is 4.82. The first-order valence-electron chi connectivity index (χ1n) is 6.81. The Balaban J connectivity index is 2.14. The van der Waals surface area contributed by atoms with Gasteiger partial charge in [-0.15, -0.1) is 0 Å². The Morgan fingerprint density at radius 1 is 1.44 bits per heavy atom. The molecule has 0 bridgehead atoms. The summed E-state index contributed by atoms with van der Waals surface area (Å²) in [5.41, 5.74) is 14.1. The predicted octanol–water partition coefficient (Wildman–Crippen LogP) is 2.61. The van der Waals surface area contributed by atoms with Crippen molar-refractivity contribution in [1.82, 2.24) is 10.9 Å². The zero-order valence-electron chi connectivity index (χ0n) is 11.2. The fourth-order valence-electron chi connectivity index (χ4n) is 3.12. The highest BCUT2D eigenvalue weighted by Crippen LogP contribution is 2.41. The van der Waals surface area contributed by atoms with Gasteiger partial charge in [-0.25, -0.2) is 0 Å². The highest BCUT2D eigenvalue weighted by molar-refractivity contribution is 7.80. The summed E-state index contributed by atoms with van der Waals surface area (Å²) in [4.78, 5) is 0. The van der Waals surface area contributed by atoms with Gasteiger partial charge in [0.2, 0.25) is 0 Å². The third kappa shape index (κ3) is 3.05. The van der Waals surface area contributed by atoms with Crippen molar-refractivity contribution in [3.8, 4) is 0 Å². The number of hydrogen-bond donors (Lipinski definition) is 3. The van der Waals surface area contributed by atoms with Gasteiger partial charge in [0.15, 0.2) is 5.11 Å². The molecular weight excluding hydrogens is 242 g/mol. The van der Waals surface area contributed by atoms with Crippen LogP contribution < -0.4 is 16.6 Å². The maximum Gasteiger partial charge on any atom is 0.182 e. The van der Waals surface area contributed by atoms with Gasteiger partial charge in [-0.1, -0.05) is 31.9 Å². The van der Waals surface area contributed by atoms with Crippen molar-refractivity contribution in [1.29, 1.82) is 0 Å². The molecule has 4 heteroatoms. The average Bonchev–Trinajstić information content (AvgIpc) is 2.35. The van der Waals surface area contributed by atoms with Gasteiger partial charge in [-0.05, 0) is 55.3 Å². The number of allylic oxidation sites excluding steroid dienone is 3. The lowest BCUT2D eigenvalue weighted by Gasteiger charge is -2.37. The lowest BCUT2D eigenvalue weighted by atomic mass is 9.69. The van der Waals surface area contributed by atoms with Crippen LogP contribution in [-0.2, 0) is 0 Å². The molecular formula is C14H23N3S. The Morgan fingerprint density at radius 3 is 2.89 bits per heavy atom. The van der Waals surface area contributed by atoms with Crippen LogP contribution in [0.15, 0.2) is 23.4 Å². The molecule has 0 unspecified atom stereocenters. The van der Waals surface area contributed by atoms with E-state index in [1.807, 2.05) is 0 Å². The molecule has 100 valence electrons. The summed E-state index contributed by atoms with van der Waals surface area (Å²) in [5, 5.41) is 0.279. The summed E-state index contributed by atoms with van der Waals surface area (Å²) in [5.74, 6) is 2.04. The van der Waals surface area contributed by atoms with E-state index in [0.717, 1.165) is 11.6 Å². The molecule has 3 nitrogen and oxygen atoms in total. The third-order valence-corrected chi connectivity index (χ3v) is 4.09. The second-order valence-electron chi connectivity index (χ2n) is 5.63. The van der Waals surface area contributed by atoms with Crippen LogP contribution in [0.2, 0.25) is 0 Å². The van der Waals surface area contributed by atoms with Gasteiger partial charge in [0, 0.05) is 0 Å². The van der Waals surface area contributed by atoms with Crippen LogP contribution in [0.3, 0.4) is 0 Å². The minimum Gasteiger partial charge on any atom is -0.375 e. The van der Waals surface area contributed by atoms with Gasteiger partial charge in [0.05, 0.1) is 5.70 Å². The average molecular weight is 265 g/mol. The summed E-state index contributed by atoms with van der Waals surface area (Å²) in [6.07, 6.45) is 9.86. The van der Waals surface area contributed by atoms with Crippen molar-refractivity contribution in [2.24, 2.45) is 23.5 Å². The summed E-state index contributed by atoms with van der Waals surface area (Å²) in [7, 11) is 0. The fraction of sp³-hybridized carbons (Fsp3) is 0.643. The Kier molecular flexibility index (Phi) is 4.27. The van der Waals surface area contributed by atoms with E-state index in [4.69, 9.17) is 18.0 Å². The minimum atomic E-state index is 0.279. The molecule has 0 aromatic carbocycles. The van der Waals surface area contributed by atoms with Gasteiger partial charge in [0.1, 0.15) is 0 Å². The van der Waals surface area contributed by atoms with Crippen LogP contribution >= 0.6 is 12.2 Å². The summed E-state index contributed by atoms with van der Waals surface area (Å²) < 4.78 is 0. The lowest BCUT2D eigenvalue weighted by molar-refractivity contribution is 0.292. The topological polar surface area (TPSA) is 50.1 Å². The van der Waals surface area contributed by atoms with Crippen molar-refractivity contribution in [3.05, 3.63) is 23.4 Å². The van der Waals surface area contributed by atoms with E-state index in [0.29, 0.717) is 11.8 Å². The summed E-state index contributed by atoms with van der Waals surface area (Å²) in [6, 6.07) is 0. The van der Waals surface area contributed by atoms with E-state index >= 15 is 0 Å². The number of nitrogens with one attached hydrogen (secondary N) is 2. The quantitative estimate of drug-likeness (QED) is 0.542. The fourth-order valence-corrected chi connectivity index (χ4v) is 3.17. The number of rotatable bonds is 3. The van der Waals surface area contributed by atoms with Crippen molar-refractivity contribution < 1.29 is 0 Å². The maximum atomic E-state index is 5.45. The molecule has 18 heavy (non-hydrogen) atoms. The monoisotopic (exact) mass is 265 g/mol. The van der Waals surface area contributed by atoms with Crippen LogP contribution in [0.4, 0.5) is 0 Å². The molecule has 0 aliphatic heterocycles. The molecule has 2 aliphatic rings. The molecule has 2 rings (SSSR count). The molecule has 0 amide bonds. The Morgan fingerprint density at radius 2 is 2.22 bits per heavy atom. The van der Waals surface area contributed by atoms with Gasteiger partial charge >= 0.3 is 0 Å². The molecule has 0 spiro atoms. The molecule has 2 aliphatic carbocycles. The third-order valence-electron chi connectivity index (χ3n) is 3.98. The number of fused-ring (bicyclic) bond motifs is 1. The molecule has 1 saturated carbocycles. The van der Waals surface area contributed by atoms with Crippen LogP contribution in [-0.4, -0.2) is 5.11 Å². The van der Waals surface area contributed by atoms with Crippen LogP contribution in [0.5, 0.6) is 0 Å². The second-order valence-corrected chi connectivity index (χ2v) is 6.07. The number of thiocarbonyl (C=S) groups is 1. The normalized spacial score (nSPS) is 27.1. The first-order chi connectivity index (χ1) is 8.58. The van der Waals surface area contributed by atoms with Crippen molar-refractivity contribution in [3.63, 3.8) is 0 Å². The first kappa shape index (κ1) is 13.4. The van der Waals surface area contributed by atoms with E-state index in [1.165, 1.54) is 25.7 Å². The SMILES string of the molecule is CC(C)[C@@H]1C=C(NNC(N)=S)C=C2CCCC[C@H]21. The van der Waals surface area contributed by atoms with Crippen LogP contribution in [0.25, 0.3) is 0 Å². The highest BCUT2D eigenvalue weighted by Gasteiger charge is 2.31. The molecule has 4 N–H and O–H groups in total. The van der Waals surface area contributed by atoms with E-state index in [2.05, 4.69) is 36.9 Å². The molecule has 0 aromatic heterocycles. The standard InChI is InChI=1S/C14H23N3S/c1-9(2)13-8-11(16-17-14(15)18)7-10-5-3-4-6-12(10)13/h7-9,12-13,16H,3-6H2,1-2H3,(H3,15,17,18)/t12-,13+/m1/s1. The smallest absolute Gasteiger partial charge is 0.182 e. The summed E-state index contributed by atoms with van der Waals surface area (Å²) in [6.45, 7) is 4.61. The largest absolute Gasteiger partial charge is 0.375 e. The predicted molar refractivity (Wildman–Crippen MR) is 79.5 cm³/mol. The zero-order chi connectivity index (χ0) is 13.1. The molecule has 1 fully saturated rings. The van der Waals surface area contributed by atoms with Gasteiger partial charge in [-0.2, -0.15) is 0 Å². The lowest BCUT2D eigenvalue weighted by Crippen LogP contribution is -2.41. The molecule has 0 radical (unpaired) electrons. The first-order valence-corrected chi connectivity index (χ1v) is 7.22. The highest BCUT2D eigenvalue weighted by atomic mass is 32.1. The van der Waals surface area contributed by atoms with Crippen molar-refractivity contribution >= 4 is 17.3 Å². The van der Waals surface area contributed by atoms with Crippen molar-refractivity contribution in [2.75, 3.05) is 0 Å². The van der Waals surface area contributed by atoms with Gasteiger partial charge < -0.3 is 5.73 Å². The second kappa shape index (κ2) is 5.74. The molecule has 0 saturated heterocycles. The Hall–Kier alpha value is -1.03. The number of hydrogen-bond acceptors (Lipinski definition) is 2. The van der Waals surface area contributed by atoms with E-state index in [1.54, 1.807) is 5.57 Å². The van der Waals surface area contributed by atoms with Crippen molar-refractivity contribution in [2.45, 2.75) is 39.5 Å². The molecule has 0 heterocycles. The van der Waals surface area contributed by atoms with E-state index in [9.17, 15) is 0 Å². The maximum absolute atomic E-state index is 5.45. The van der Waals surface area contributed by atoms with E-state index < -0.39 is 0 Å². The van der Waals surface area contributed by atoms with Gasteiger partial charge in [0.25, 0.3) is 0 Å². The van der Waals surface area contributed by atoms with E-state index in [-0.39, 0.29) is 5.11 Å². The Labute approximate surface area is 115 Å². The van der Waals surface area contributed by atoms with Crippen LogP contribution in [0.1, 0.15) is 39.5 Å². The van der Waals surface area contributed by atoms with Gasteiger partial charge in [-0.3, -0.25) is 10.9 Å². The minimum absolute atomic E-state index is 0.279. The number of hydrazine groups is 1. The number of nitrogens with two attached hydrogens (primary N) is 1.